The first-order chi connectivity index (χ1) is 10.0. The Hall–Kier alpha value is -2.33. The van der Waals surface area contributed by atoms with Crippen molar-refractivity contribution < 1.29 is 14.3 Å². The second kappa shape index (κ2) is 6.90. The van der Waals surface area contributed by atoms with E-state index in [2.05, 4.69) is 5.32 Å². The van der Waals surface area contributed by atoms with Gasteiger partial charge in [-0.15, -0.1) is 0 Å². The first-order valence-electron chi connectivity index (χ1n) is 6.36. The lowest BCUT2D eigenvalue weighted by atomic mass is 10.2. The fraction of sp³-hybridized carbons (Fsp3) is 0.125. The van der Waals surface area contributed by atoms with E-state index in [0.29, 0.717) is 16.3 Å². The highest BCUT2D eigenvalue weighted by Crippen LogP contribution is 2.11. The van der Waals surface area contributed by atoms with Crippen LogP contribution in [0.3, 0.4) is 0 Å². The van der Waals surface area contributed by atoms with E-state index in [4.69, 9.17) is 16.3 Å². The van der Waals surface area contributed by atoms with Crippen molar-refractivity contribution in [3.63, 3.8) is 0 Å². The molecule has 0 atom stereocenters. The first-order valence-corrected chi connectivity index (χ1v) is 6.73. The Kier molecular flexibility index (Phi) is 4.95. The van der Waals surface area contributed by atoms with Gasteiger partial charge in [0.05, 0.1) is 0 Å². The summed E-state index contributed by atoms with van der Waals surface area (Å²) >= 11 is 5.74. The molecule has 4 nitrogen and oxygen atoms in total. The van der Waals surface area contributed by atoms with Crippen LogP contribution in [0.2, 0.25) is 5.02 Å². The number of aryl methyl sites for hydroxylation is 1. The molecule has 21 heavy (non-hydrogen) atoms. The van der Waals surface area contributed by atoms with Gasteiger partial charge >= 0.3 is 5.97 Å². The Labute approximate surface area is 127 Å². The van der Waals surface area contributed by atoms with Gasteiger partial charge in [0.15, 0.2) is 0 Å². The molecule has 2 aromatic rings. The lowest BCUT2D eigenvalue weighted by molar-refractivity contribution is -0.133. The average Bonchev–Trinajstić information content (AvgIpc) is 2.48. The lowest BCUT2D eigenvalue weighted by Gasteiger charge is -2.06. The quantitative estimate of drug-likeness (QED) is 0.698. The fourth-order valence-corrected chi connectivity index (χ4v) is 1.76. The average molecular weight is 304 g/mol. The SMILES string of the molecule is Cc1ccc(OC(=O)CNC(=O)c2ccc(Cl)cc2)cc1. The molecule has 0 aliphatic heterocycles. The molecule has 0 aromatic heterocycles. The van der Waals surface area contributed by atoms with Gasteiger partial charge in [0.1, 0.15) is 12.3 Å². The highest BCUT2D eigenvalue weighted by atomic mass is 35.5. The topological polar surface area (TPSA) is 55.4 Å². The van der Waals surface area contributed by atoms with E-state index in [1.54, 1.807) is 36.4 Å². The van der Waals surface area contributed by atoms with E-state index in [1.807, 2.05) is 19.1 Å². The van der Waals surface area contributed by atoms with Crippen molar-refractivity contribution in [2.45, 2.75) is 6.92 Å². The number of ether oxygens (including phenoxy) is 1. The van der Waals surface area contributed by atoms with E-state index < -0.39 is 5.97 Å². The van der Waals surface area contributed by atoms with Crippen LogP contribution in [0.1, 0.15) is 15.9 Å². The third kappa shape index (κ3) is 4.61. The first kappa shape index (κ1) is 15.1. The summed E-state index contributed by atoms with van der Waals surface area (Å²) in [5.41, 5.74) is 1.51. The van der Waals surface area contributed by atoms with Crippen LogP contribution in [0.5, 0.6) is 5.75 Å². The summed E-state index contributed by atoms with van der Waals surface area (Å²) in [6.07, 6.45) is 0. The maximum Gasteiger partial charge on any atom is 0.330 e. The number of esters is 1. The van der Waals surface area contributed by atoms with Crippen molar-refractivity contribution in [3.05, 3.63) is 64.7 Å². The van der Waals surface area contributed by atoms with Crippen LogP contribution < -0.4 is 10.1 Å². The zero-order valence-electron chi connectivity index (χ0n) is 11.4. The molecule has 0 heterocycles. The van der Waals surface area contributed by atoms with Crippen LogP contribution in [0.25, 0.3) is 0 Å². The van der Waals surface area contributed by atoms with E-state index >= 15 is 0 Å². The molecule has 0 aliphatic rings. The number of rotatable bonds is 4. The Morgan fingerprint density at radius 2 is 1.67 bits per heavy atom. The van der Waals surface area contributed by atoms with Gasteiger partial charge in [-0.1, -0.05) is 29.3 Å². The van der Waals surface area contributed by atoms with E-state index in [-0.39, 0.29) is 12.5 Å². The summed E-state index contributed by atoms with van der Waals surface area (Å²) in [6.45, 7) is 1.74. The van der Waals surface area contributed by atoms with Crippen LogP contribution >= 0.6 is 11.6 Å². The molecule has 0 saturated heterocycles. The van der Waals surface area contributed by atoms with Gasteiger partial charge in [0.2, 0.25) is 0 Å². The van der Waals surface area contributed by atoms with Crippen molar-refractivity contribution in [2.24, 2.45) is 0 Å². The predicted molar refractivity (Wildman–Crippen MR) is 80.6 cm³/mol. The molecule has 2 aromatic carbocycles. The predicted octanol–water partition coefficient (Wildman–Crippen LogP) is 2.98. The van der Waals surface area contributed by atoms with Crippen LogP contribution in [-0.4, -0.2) is 18.4 Å². The highest BCUT2D eigenvalue weighted by Gasteiger charge is 2.09. The standard InChI is InChI=1S/C16H14ClNO3/c1-11-2-8-14(9-3-11)21-15(19)10-18-16(20)12-4-6-13(17)7-5-12/h2-9H,10H2,1H3,(H,18,20). The largest absolute Gasteiger partial charge is 0.425 e. The second-order valence-electron chi connectivity index (χ2n) is 4.48. The molecule has 0 bridgehead atoms. The molecule has 2 rings (SSSR count). The monoisotopic (exact) mass is 303 g/mol. The van der Waals surface area contributed by atoms with Gasteiger partial charge in [-0.2, -0.15) is 0 Å². The molecular formula is C16H14ClNO3. The van der Waals surface area contributed by atoms with Crippen molar-refractivity contribution >= 4 is 23.5 Å². The van der Waals surface area contributed by atoms with E-state index in [1.165, 1.54) is 0 Å². The maximum atomic E-state index is 11.8. The number of nitrogens with one attached hydrogen (secondary N) is 1. The van der Waals surface area contributed by atoms with Crippen molar-refractivity contribution in [1.29, 1.82) is 0 Å². The minimum Gasteiger partial charge on any atom is -0.425 e. The summed E-state index contributed by atoms with van der Waals surface area (Å²) in [5.74, 6) is -0.431. The highest BCUT2D eigenvalue weighted by molar-refractivity contribution is 6.30. The zero-order valence-corrected chi connectivity index (χ0v) is 12.2. The van der Waals surface area contributed by atoms with Crippen molar-refractivity contribution in [2.75, 3.05) is 6.54 Å². The minimum atomic E-state index is -0.527. The van der Waals surface area contributed by atoms with Crippen LogP contribution in [-0.2, 0) is 4.79 Å². The molecule has 0 unspecified atom stereocenters. The number of benzene rings is 2. The summed E-state index contributed by atoms with van der Waals surface area (Å²) in [5, 5.41) is 3.04. The molecule has 0 fully saturated rings. The van der Waals surface area contributed by atoms with Crippen molar-refractivity contribution in [1.82, 2.24) is 5.32 Å². The number of amides is 1. The molecule has 108 valence electrons. The second-order valence-corrected chi connectivity index (χ2v) is 4.91. The molecule has 0 radical (unpaired) electrons. The lowest BCUT2D eigenvalue weighted by Crippen LogP contribution is -2.31. The minimum absolute atomic E-state index is 0.199. The Morgan fingerprint density at radius 1 is 1.05 bits per heavy atom. The number of hydrogen-bond donors (Lipinski definition) is 1. The Balaban J connectivity index is 1.84. The summed E-state index contributed by atoms with van der Waals surface area (Å²) in [7, 11) is 0. The summed E-state index contributed by atoms with van der Waals surface area (Å²) in [4.78, 5) is 23.4. The van der Waals surface area contributed by atoms with Crippen LogP contribution in [0.4, 0.5) is 0 Å². The molecule has 0 spiro atoms. The Morgan fingerprint density at radius 3 is 2.29 bits per heavy atom. The smallest absolute Gasteiger partial charge is 0.330 e. The summed E-state index contributed by atoms with van der Waals surface area (Å²) in [6, 6.07) is 13.5. The fourth-order valence-electron chi connectivity index (χ4n) is 1.63. The van der Waals surface area contributed by atoms with Crippen LogP contribution in [0, 0.1) is 6.92 Å². The zero-order chi connectivity index (χ0) is 15.2. The third-order valence-electron chi connectivity index (χ3n) is 2.75. The van der Waals surface area contributed by atoms with Gasteiger partial charge in [0, 0.05) is 10.6 Å². The maximum absolute atomic E-state index is 11.8. The van der Waals surface area contributed by atoms with E-state index in [0.717, 1.165) is 5.56 Å². The molecular weight excluding hydrogens is 290 g/mol. The number of halogens is 1. The van der Waals surface area contributed by atoms with Gasteiger partial charge < -0.3 is 10.1 Å². The number of carbonyl (C=O) groups is 2. The molecule has 5 heteroatoms. The normalized spacial score (nSPS) is 10.0. The third-order valence-corrected chi connectivity index (χ3v) is 3.00. The van der Waals surface area contributed by atoms with Gasteiger partial charge in [-0.3, -0.25) is 4.79 Å². The summed E-state index contributed by atoms with van der Waals surface area (Å²) < 4.78 is 5.10. The molecule has 1 amide bonds. The number of hydrogen-bond acceptors (Lipinski definition) is 3. The van der Waals surface area contributed by atoms with Gasteiger partial charge in [0.25, 0.3) is 5.91 Å². The molecule has 0 saturated carbocycles. The Bertz CT molecular complexity index is 636. The van der Waals surface area contributed by atoms with E-state index in [9.17, 15) is 9.59 Å². The molecule has 0 aliphatic carbocycles. The van der Waals surface area contributed by atoms with Gasteiger partial charge in [-0.05, 0) is 43.3 Å². The van der Waals surface area contributed by atoms with Crippen LogP contribution in [0.15, 0.2) is 48.5 Å². The molecule has 1 N–H and O–H groups in total. The van der Waals surface area contributed by atoms with Gasteiger partial charge in [-0.25, -0.2) is 4.79 Å². The number of carbonyl (C=O) groups excluding carboxylic acids is 2. The van der Waals surface area contributed by atoms with Crippen molar-refractivity contribution in [3.8, 4) is 5.75 Å².